The van der Waals surface area contributed by atoms with Gasteiger partial charge in [-0.25, -0.2) is 4.79 Å². The third-order valence-electron chi connectivity index (χ3n) is 6.59. The molecule has 4 aromatic rings. The highest BCUT2D eigenvalue weighted by Crippen LogP contribution is 2.27. The minimum Gasteiger partial charge on any atom is -0.358 e. The maximum atomic E-state index is 13.3. The monoisotopic (exact) mass is 428 g/mol. The van der Waals surface area contributed by atoms with E-state index in [-0.39, 0.29) is 24.2 Å². The SMILES string of the molecule is CNC(=O)Cn1c(=O)n(C2CCN(Cc3ccc4ccccc4c3)CC2)c2ccccc21. The van der Waals surface area contributed by atoms with Gasteiger partial charge in [0.05, 0.1) is 11.0 Å². The van der Waals surface area contributed by atoms with Crippen molar-refractivity contribution in [3.8, 4) is 0 Å². The van der Waals surface area contributed by atoms with Gasteiger partial charge in [0.25, 0.3) is 0 Å². The molecular weight excluding hydrogens is 400 g/mol. The van der Waals surface area contributed by atoms with Crippen molar-refractivity contribution in [1.29, 1.82) is 0 Å². The van der Waals surface area contributed by atoms with Crippen LogP contribution in [0.3, 0.4) is 0 Å². The quantitative estimate of drug-likeness (QED) is 0.529. The van der Waals surface area contributed by atoms with Gasteiger partial charge in [-0.3, -0.25) is 18.8 Å². The van der Waals surface area contributed by atoms with Crippen molar-refractivity contribution in [3.63, 3.8) is 0 Å². The number of hydrogen-bond acceptors (Lipinski definition) is 3. The number of hydrogen-bond donors (Lipinski definition) is 1. The number of nitrogens with one attached hydrogen (secondary N) is 1. The first kappa shape index (κ1) is 20.5. The number of rotatable bonds is 5. The second kappa shape index (κ2) is 8.63. The molecule has 1 N–H and O–H groups in total. The standard InChI is InChI=1S/C26H28N4O2/c1-27-25(31)18-29-23-8-4-5-9-24(23)30(26(29)32)22-12-14-28(15-13-22)17-19-10-11-20-6-2-3-7-21(20)16-19/h2-11,16,22H,12-15,17-18H2,1H3,(H,27,31). The lowest BCUT2D eigenvalue weighted by Gasteiger charge is -2.32. The minimum absolute atomic E-state index is 0.0453. The van der Waals surface area contributed by atoms with E-state index in [1.807, 2.05) is 28.8 Å². The van der Waals surface area contributed by atoms with Gasteiger partial charge in [-0.2, -0.15) is 0 Å². The maximum absolute atomic E-state index is 13.3. The molecule has 0 spiro atoms. The van der Waals surface area contributed by atoms with Gasteiger partial charge in [0, 0.05) is 32.7 Å². The first-order chi connectivity index (χ1) is 15.6. The van der Waals surface area contributed by atoms with Gasteiger partial charge in [-0.05, 0) is 47.4 Å². The molecule has 1 fully saturated rings. The average Bonchev–Trinajstić information content (AvgIpc) is 3.10. The Morgan fingerprint density at radius 3 is 2.38 bits per heavy atom. The normalized spacial score (nSPS) is 15.4. The van der Waals surface area contributed by atoms with Crippen molar-refractivity contribution >= 4 is 27.7 Å². The van der Waals surface area contributed by atoms with Gasteiger partial charge >= 0.3 is 5.69 Å². The van der Waals surface area contributed by atoms with Crippen molar-refractivity contribution in [2.75, 3.05) is 20.1 Å². The molecule has 2 heterocycles. The summed E-state index contributed by atoms with van der Waals surface area (Å²) in [4.78, 5) is 27.7. The number of likely N-dealkylation sites (tertiary alicyclic amines) is 1. The third-order valence-corrected chi connectivity index (χ3v) is 6.59. The van der Waals surface area contributed by atoms with Crippen LogP contribution in [-0.2, 0) is 17.9 Å². The zero-order valence-corrected chi connectivity index (χ0v) is 18.3. The molecule has 0 aliphatic carbocycles. The number of piperidine rings is 1. The number of amides is 1. The van der Waals surface area contributed by atoms with Crippen molar-refractivity contribution in [2.45, 2.75) is 32.0 Å². The Bertz CT molecular complexity index is 1330. The Morgan fingerprint density at radius 1 is 0.938 bits per heavy atom. The molecule has 0 unspecified atom stereocenters. The third kappa shape index (κ3) is 3.82. The first-order valence-corrected chi connectivity index (χ1v) is 11.2. The number of carbonyl (C=O) groups excluding carboxylic acids is 1. The fraction of sp³-hybridized carbons (Fsp3) is 0.308. The van der Waals surface area contributed by atoms with E-state index >= 15 is 0 Å². The molecule has 1 aliphatic heterocycles. The molecule has 0 bridgehead atoms. The van der Waals surface area contributed by atoms with Gasteiger partial charge in [0.15, 0.2) is 0 Å². The van der Waals surface area contributed by atoms with Crippen LogP contribution in [0.25, 0.3) is 21.8 Å². The molecule has 32 heavy (non-hydrogen) atoms. The van der Waals surface area contributed by atoms with Crippen molar-refractivity contribution in [2.24, 2.45) is 0 Å². The molecule has 6 heteroatoms. The van der Waals surface area contributed by atoms with Crippen molar-refractivity contribution in [3.05, 3.63) is 82.8 Å². The lowest BCUT2D eigenvalue weighted by atomic mass is 10.0. The highest BCUT2D eigenvalue weighted by molar-refractivity contribution is 5.83. The van der Waals surface area contributed by atoms with E-state index < -0.39 is 0 Å². The van der Waals surface area contributed by atoms with Crippen molar-refractivity contribution < 1.29 is 4.79 Å². The van der Waals surface area contributed by atoms with Crippen LogP contribution >= 0.6 is 0 Å². The Morgan fingerprint density at radius 2 is 1.62 bits per heavy atom. The zero-order chi connectivity index (χ0) is 22.1. The fourth-order valence-electron chi connectivity index (χ4n) is 4.89. The topological polar surface area (TPSA) is 59.3 Å². The summed E-state index contributed by atoms with van der Waals surface area (Å²) in [5.41, 5.74) is 2.96. The van der Waals surface area contributed by atoms with Crippen LogP contribution < -0.4 is 11.0 Å². The summed E-state index contributed by atoms with van der Waals surface area (Å²) in [7, 11) is 1.60. The van der Waals surface area contributed by atoms with E-state index in [2.05, 4.69) is 52.7 Å². The largest absolute Gasteiger partial charge is 0.358 e. The number of imidazole rings is 1. The van der Waals surface area contributed by atoms with Crippen LogP contribution in [0.5, 0.6) is 0 Å². The second-order valence-corrected chi connectivity index (χ2v) is 8.59. The highest BCUT2D eigenvalue weighted by atomic mass is 16.2. The number of carbonyl (C=O) groups is 1. The molecule has 1 saturated heterocycles. The molecule has 5 rings (SSSR count). The summed E-state index contributed by atoms with van der Waals surface area (Å²) >= 11 is 0. The van der Waals surface area contributed by atoms with E-state index in [1.54, 1.807) is 11.6 Å². The molecule has 6 nitrogen and oxygen atoms in total. The number of benzene rings is 3. The number of para-hydroxylation sites is 2. The first-order valence-electron chi connectivity index (χ1n) is 11.2. The van der Waals surface area contributed by atoms with Gasteiger partial charge in [0.2, 0.25) is 5.91 Å². The average molecular weight is 429 g/mol. The van der Waals surface area contributed by atoms with E-state index in [4.69, 9.17) is 0 Å². The van der Waals surface area contributed by atoms with Crippen LogP contribution in [0.4, 0.5) is 0 Å². The molecule has 1 aliphatic rings. The van der Waals surface area contributed by atoms with Crippen LogP contribution in [0, 0.1) is 0 Å². The van der Waals surface area contributed by atoms with Crippen LogP contribution in [-0.4, -0.2) is 40.1 Å². The maximum Gasteiger partial charge on any atom is 0.329 e. The molecule has 1 aromatic heterocycles. The molecule has 0 saturated carbocycles. The Hall–Kier alpha value is -3.38. The summed E-state index contributed by atoms with van der Waals surface area (Å²) < 4.78 is 3.50. The van der Waals surface area contributed by atoms with Crippen LogP contribution in [0.2, 0.25) is 0 Å². The number of aromatic nitrogens is 2. The minimum atomic E-state index is -0.166. The van der Waals surface area contributed by atoms with Gasteiger partial charge in [0.1, 0.15) is 6.54 Å². The molecule has 1 amide bonds. The predicted octanol–water partition coefficient (Wildman–Crippen LogP) is 3.54. The van der Waals surface area contributed by atoms with Crippen molar-refractivity contribution in [1.82, 2.24) is 19.4 Å². The molecule has 164 valence electrons. The Balaban J connectivity index is 1.34. The van der Waals surface area contributed by atoms with Crippen LogP contribution in [0.1, 0.15) is 24.4 Å². The molecular formula is C26H28N4O2. The number of nitrogens with zero attached hydrogens (tertiary/aromatic N) is 3. The smallest absolute Gasteiger partial charge is 0.329 e. The van der Waals surface area contributed by atoms with E-state index in [9.17, 15) is 9.59 Å². The fourth-order valence-corrected chi connectivity index (χ4v) is 4.89. The second-order valence-electron chi connectivity index (χ2n) is 8.59. The van der Waals surface area contributed by atoms with Crippen LogP contribution in [0.15, 0.2) is 71.5 Å². The predicted molar refractivity (Wildman–Crippen MR) is 128 cm³/mol. The highest BCUT2D eigenvalue weighted by Gasteiger charge is 2.25. The van der Waals surface area contributed by atoms with Gasteiger partial charge in [-0.15, -0.1) is 0 Å². The number of fused-ring (bicyclic) bond motifs is 2. The Labute approximate surface area is 187 Å². The molecule has 3 aromatic carbocycles. The van der Waals surface area contributed by atoms with Gasteiger partial charge < -0.3 is 5.32 Å². The lowest BCUT2D eigenvalue weighted by molar-refractivity contribution is -0.121. The van der Waals surface area contributed by atoms with E-state index in [0.717, 1.165) is 43.5 Å². The Kier molecular flexibility index (Phi) is 5.53. The summed E-state index contributed by atoms with van der Waals surface area (Å²) in [5.74, 6) is -0.166. The molecule has 0 radical (unpaired) electrons. The summed E-state index contributed by atoms with van der Waals surface area (Å²) in [6.07, 6.45) is 1.84. The summed E-state index contributed by atoms with van der Waals surface area (Å²) in [6, 6.07) is 23.1. The van der Waals surface area contributed by atoms with E-state index in [0.29, 0.717) is 0 Å². The van der Waals surface area contributed by atoms with E-state index in [1.165, 1.54) is 16.3 Å². The molecule has 0 atom stereocenters. The zero-order valence-electron chi connectivity index (χ0n) is 18.3. The number of likely N-dealkylation sites (N-methyl/N-ethyl adjacent to an activating group) is 1. The summed E-state index contributed by atoms with van der Waals surface area (Å²) in [6.45, 7) is 2.85. The summed E-state index contributed by atoms with van der Waals surface area (Å²) in [5, 5.41) is 5.16. The lowest BCUT2D eigenvalue weighted by Crippen LogP contribution is -2.38. The van der Waals surface area contributed by atoms with Gasteiger partial charge in [-0.1, -0.05) is 48.5 Å².